The molecular formula is C12H23NO4. The van der Waals surface area contributed by atoms with Gasteiger partial charge in [-0.1, -0.05) is 0 Å². The van der Waals surface area contributed by atoms with Crippen LogP contribution in [0.4, 0.5) is 0 Å². The first-order valence-electron chi connectivity index (χ1n) is 6.26. The summed E-state index contributed by atoms with van der Waals surface area (Å²) in [6, 6.07) is 0. The Morgan fingerprint density at radius 1 is 1.29 bits per heavy atom. The van der Waals surface area contributed by atoms with Crippen LogP contribution in [0.3, 0.4) is 0 Å². The van der Waals surface area contributed by atoms with E-state index in [2.05, 4.69) is 5.32 Å². The number of carbonyl (C=O) groups is 1. The normalized spacial score (nSPS) is 19.5. The zero-order valence-corrected chi connectivity index (χ0v) is 10.6. The average molecular weight is 245 g/mol. The molecule has 1 rings (SSSR count). The lowest BCUT2D eigenvalue weighted by atomic mass is 10.0. The summed E-state index contributed by atoms with van der Waals surface area (Å²) in [5, 5.41) is 3.28. The number of rotatable bonds is 9. The van der Waals surface area contributed by atoms with Crippen LogP contribution in [-0.2, 0) is 19.0 Å². The van der Waals surface area contributed by atoms with Gasteiger partial charge >= 0.3 is 5.97 Å². The van der Waals surface area contributed by atoms with Crippen molar-refractivity contribution in [1.82, 2.24) is 5.32 Å². The van der Waals surface area contributed by atoms with Crippen LogP contribution in [0.1, 0.15) is 19.3 Å². The highest BCUT2D eigenvalue weighted by Gasteiger charge is 2.15. The Balaban J connectivity index is 1.87. The molecule has 5 nitrogen and oxygen atoms in total. The number of nitrogens with one attached hydrogen (secondary N) is 1. The van der Waals surface area contributed by atoms with Gasteiger partial charge in [-0.15, -0.1) is 0 Å². The molecule has 1 fully saturated rings. The SMILES string of the molecule is COCCOCCOC(=O)CCC1CCNC1. The van der Waals surface area contributed by atoms with Gasteiger partial charge in [-0.25, -0.2) is 0 Å². The highest BCUT2D eigenvalue weighted by Crippen LogP contribution is 2.14. The fourth-order valence-electron chi connectivity index (χ4n) is 1.81. The largest absolute Gasteiger partial charge is 0.463 e. The fourth-order valence-corrected chi connectivity index (χ4v) is 1.81. The van der Waals surface area contributed by atoms with Gasteiger partial charge in [0.25, 0.3) is 0 Å². The summed E-state index contributed by atoms with van der Waals surface area (Å²) in [7, 11) is 1.63. The molecule has 1 aliphatic rings. The minimum Gasteiger partial charge on any atom is -0.463 e. The highest BCUT2D eigenvalue weighted by atomic mass is 16.6. The molecule has 0 saturated carbocycles. The summed E-state index contributed by atoms with van der Waals surface area (Å²) >= 11 is 0. The van der Waals surface area contributed by atoms with Crippen molar-refractivity contribution in [2.24, 2.45) is 5.92 Å². The Kier molecular flexibility index (Phi) is 7.96. The second kappa shape index (κ2) is 9.39. The molecule has 5 heteroatoms. The van der Waals surface area contributed by atoms with Crippen LogP contribution in [0, 0.1) is 5.92 Å². The lowest BCUT2D eigenvalue weighted by molar-refractivity contribution is -0.145. The quantitative estimate of drug-likeness (QED) is 0.476. The van der Waals surface area contributed by atoms with Crippen molar-refractivity contribution in [1.29, 1.82) is 0 Å². The van der Waals surface area contributed by atoms with Gasteiger partial charge in [0.15, 0.2) is 0 Å². The molecule has 1 aliphatic heterocycles. The van der Waals surface area contributed by atoms with Crippen molar-refractivity contribution in [3.05, 3.63) is 0 Å². The molecule has 0 spiro atoms. The first-order valence-corrected chi connectivity index (χ1v) is 6.26. The predicted molar refractivity (Wildman–Crippen MR) is 63.9 cm³/mol. The summed E-state index contributed by atoms with van der Waals surface area (Å²) in [6.07, 6.45) is 2.62. The maximum absolute atomic E-state index is 11.4. The fraction of sp³-hybridized carbons (Fsp3) is 0.917. The summed E-state index contributed by atoms with van der Waals surface area (Å²) in [6.45, 7) is 4.01. The van der Waals surface area contributed by atoms with Crippen molar-refractivity contribution in [3.8, 4) is 0 Å². The molecule has 1 saturated heterocycles. The van der Waals surface area contributed by atoms with E-state index >= 15 is 0 Å². The van der Waals surface area contributed by atoms with Gasteiger partial charge in [0.2, 0.25) is 0 Å². The van der Waals surface area contributed by atoms with Crippen LogP contribution in [-0.4, -0.2) is 52.6 Å². The zero-order chi connectivity index (χ0) is 12.3. The van der Waals surface area contributed by atoms with Gasteiger partial charge in [-0.05, 0) is 31.8 Å². The van der Waals surface area contributed by atoms with E-state index in [1.54, 1.807) is 7.11 Å². The van der Waals surface area contributed by atoms with Gasteiger partial charge in [-0.3, -0.25) is 4.79 Å². The van der Waals surface area contributed by atoms with Crippen LogP contribution < -0.4 is 5.32 Å². The Labute approximate surface area is 103 Å². The molecule has 0 aromatic carbocycles. The van der Waals surface area contributed by atoms with Crippen LogP contribution in [0.2, 0.25) is 0 Å². The van der Waals surface area contributed by atoms with Crippen molar-refractivity contribution in [2.45, 2.75) is 19.3 Å². The molecule has 100 valence electrons. The first-order chi connectivity index (χ1) is 8.33. The van der Waals surface area contributed by atoms with E-state index in [0.29, 0.717) is 38.8 Å². The Morgan fingerprint density at radius 2 is 2.12 bits per heavy atom. The van der Waals surface area contributed by atoms with E-state index in [9.17, 15) is 4.79 Å². The lowest BCUT2D eigenvalue weighted by Crippen LogP contribution is -2.14. The van der Waals surface area contributed by atoms with E-state index < -0.39 is 0 Å². The molecule has 1 N–H and O–H groups in total. The van der Waals surface area contributed by atoms with Gasteiger partial charge < -0.3 is 19.5 Å². The number of hydrogen-bond acceptors (Lipinski definition) is 5. The lowest BCUT2D eigenvalue weighted by Gasteiger charge is -2.08. The molecule has 17 heavy (non-hydrogen) atoms. The predicted octanol–water partition coefficient (Wildman–Crippen LogP) is 0.582. The second-order valence-corrected chi connectivity index (χ2v) is 4.22. The molecule has 1 heterocycles. The molecule has 0 radical (unpaired) electrons. The van der Waals surface area contributed by atoms with Crippen LogP contribution >= 0.6 is 0 Å². The van der Waals surface area contributed by atoms with Crippen molar-refractivity contribution < 1.29 is 19.0 Å². The third-order valence-electron chi connectivity index (χ3n) is 2.84. The standard InChI is InChI=1S/C12H23NO4/c1-15-6-7-16-8-9-17-12(14)3-2-11-4-5-13-10-11/h11,13H,2-10H2,1H3. The van der Waals surface area contributed by atoms with Crippen molar-refractivity contribution in [3.63, 3.8) is 0 Å². The number of methoxy groups -OCH3 is 1. The van der Waals surface area contributed by atoms with E-state index in [0.717, 1.165) is 19.5 Å². The van der Waals surface area contributed by atoms with E-state index in [-0.39, 0.29) is 5.97 Å². The molecule has 0 bridgehead atoms. The number of hydrogen-bond donors (Lipinski definition) is 1. The average Bonchev–Trinajstić information content (AvgIpc) is 2.84. The monoisotopic (exact) mass is 245 g/mol. The van der Waals surface area contributed by atoms with E-state index in [4.69, 9.17) is 14.2 Å². The molecule has 1 atom stereocenters. The van der Waals surface area contributed by atoms with Crippen LogP contribution in [0.5, 0.6) is 0 Å². The Bertz CT molecular complexity index is 205. The van der Waals surface area contributed by atoms with Gasteiger partial charge in [0.05, 0.1) is 19.8 Å². The number of ether oxygens (including phenoxy) is 3. The first kappa shape index (κ1) is 14.4. The molecule has 0 aliphatic carbocycles. The molecular weight excluding hydrogens is 222 g/mol. The van der Waals surface area contributed by atoms with Gasteiger partial charge in [0.1, 0.15) is 6.61 Å². The van der Waals surface area contributed by atoms with E-state index in [1.165, 1.54) is 6.42 Å². The molecule has 0 aromatic heterocycles. The minimum absolute atomic E-state index is 0.118. The second-order valence-electron chi connectivity index (χ2n) is 4.22. The molecule has 0 amide bonds. The van der Waals surface area contributed by atoms with Crippen molar-refractivity contribution in [2.75, 3.05) is 46.6 Å². The number of esters is 1. The molecule has 1 unspecified atom stereocenters. The van der Waals surface area contributed by atoms with E-state index in [1.807, 2.05) is 0 Å². The van der Waals surface area contributed by atoms with Crippen LogP contribution in [0.15, 0.2) is 0 Å². The zero-order valence-electron chi connectivity index (χ0n) is 10.6. The van der Waals surface area contributed by atoms with Crippen molar-refractivity contribution >= 4 is 5.97 Å². The van der Waals surface area contributed by atoms with Gasteiger partial charge in [0, 0.05) is 13.5 Å². The summed E-state index contributed by atoms with van der Waals surface area (Å²) in [5.74, 6) is 0.521. The summed E-state index contributed by atoms with van der Waals surface area (Å²) < 4.78 is 15.1. The topological polar surface area (TPSA) is 56.8 Å². The van der Waals surface area contributed by atoms with Gasteiger partial charge in [-0.2, -0.15) is 0 Å². The smallest absolute Gasteiger partial charge is 0.305 e. The third kappa shape index (κ3) is 7.31. The maximum atomic E-state index is 11.4. The Morgan fingerprint density at radius 3 is 2.82 bits per heavy atom. The third-order valence-corrected chi connectivity index (χ3v) is 2.84. The minimum atomic E-state index is -0.118. The summed E-state index contributed by atoms with van der Waals surface area (Å²) in [4.78, 5) is 11.4. The number of carbonyl (C=O) groups excluding carboxylic acids is 1. The Hall–Kier alpha value is -0.650. The highest BCUT2D eigenvalue weighted by molar-refractivity contribution is 5.69. The molecule has 0 aromatic rings. The van der Waals surface area contributed by atoms with Crippen LogP contribution in [0.25, 0.3) is 0 Å². The maximum Gasteiger partial charge on any atom is 0.305 e. The summed E-state index contributed by atoms with van der Waals surface area (Å²) in [5.41, 5.74) is 0.